The van der Waals surface area contributed by atoms with Crippen LogP contribution in [0.4, 0.5) is 0 Å². The summed E-state index contributed by atoms with van der Waals surface area (Å²) >= 11 is 5.77. The third kappa shape index (κ3) is 4.42. The number of halogens is 1. The molecule has 0 bridgehead atoms. The highest BCUT2D eigenvalue weighted by Gasteiger charge is 2.05. The van der Waals surface area contributed by atoms with Crippen LogP contribution in [0.3, 0.4) is 0 Å². The number of hydrogen-bond donors (Lipinski definition) is 0. The topological polar surface area (TPSA) is 26.3 Å². The largest absolute Gasteiger partial charge is 0.486 e. The number of Topliss-reactive ketones (excluding diaryl/α,β-unsaturated/α-hetero) is 1. The number of ether oxygens (including phenoxy) is 1. The van der Waals surface area contributed by atoms with Gasteiger partial charge in [-0.1, -0.05) is 41.4 Å². The quantitative estimate of drug-likeness (QED) is 0.828. The molecule has 0 aliphatic heterocycles. The van der Waals surface area contributed by atoms with Crippen molar-refractivity contribution in [3.05, 3.63) is 64.7 Å². The first kappa shape index (κ1) is 13.6. The number of carbonyl (C=O) groups is 1. The molecule has 0 unspecified atom stereocenters. The van der Waals surface area contributed by atoms with Gasteiger partial charge in [0.25, 0.3) is 0 Å². The van der Waals surface area contributed by atoms with Gasteiger partial charge in [-0.25, -0.2) is 0 Å². The lowest BCUT2D eigenvalue weighted by atomic mass is 10.1. The van der Waals surface area contributed by atoms with Crippen molar-refractivity contribution in [2.24, 2.45) is 0 Å². The van der Waals surface area contributed by atoms with Crippen molar-refractivity contribution in [2.45, 2.75) is 13.3 Å². The van der Waals surface area contributed by atoms with Crippen LogP contribution in [0.2, 0.25) is 5.02 Å². The van der Waals surface area contributed by atoms with Crippen molar-refractivity contribution >= 4 is 17.4 Å². The monoisotopic (exact) mass is 274 g/mol. The van der Waals surface area contributed by atoms with Crippen molar-refractivity contribution < 1.29 is 9.53 Å². The Morgan fingerprint density at radius 1 is 1.16 bits per heavy atom. The van der Waals surface area contributed by atoms with Crippen LogP contribution in [0.5, 0.6) is 5.75 Å². The lowest BCUT2D eigenvalue weighted by Crippen LogP contribution is -2.13. The van der Waals surface area contributed by atoms with Crippen molar-refractivity contribution in [3.63, 3.8) is 0 Å². The highest BCUT2D eigenvalue weighted by Crippen LogP contribution is 2.15. The summed E-state index contributed by atoms with van der Waals surface area (Å²) in [6.45, 7) is 2.09. The van der Waals surface area contributed by atoms with E-state index in [9.17, 15) is 4.79 Å². The third-order valence-electron chi connectivity index (χ3n) is 2.70. The lowest BCUT2D eigenvalue weighted by Gasteiger charge is -2.06. The van der Waals surface area contributed by atoms with Gasteiger partial charge in [0.15, 0.2) is 5.78 Å². The van der Waals surface area contributed by atoms with Gasteiger partial charge in [-0.2, -0.15) is 0 Å². The molecule has 2 nitrogen and oxygen atoms in total. The summed E-state index contributed by atoms with van der Waals surface area (Å²) in [6, 6.07) is 14.9. The molecule has 0 spiro atoms. The third-order valence-corrected chi connectivity index (χ3v) is 2.95. The van der Waals surface area contributed by atoms with Crippen molar-refractivity contribution in [1.82, 2.24) is 0 Å². The standard InChI is InChI=1S/C16H15ClO2/c1-12-3-2-4-13(9-12)10-15(18)11-19-16-7-5-14(17)6-8-16/h2-9H,10-11H2,1H3. The second kappa shape index (κ2) is 6.39. The van der Waals surface area contributed by atoms with Crippen LogP contribution in [-0.2, 0) is 11.2 Å². The second-order valence-electron chi connectivity index (χ2n) is 4.45. The summed E-state index contributed by atoms with van der Waals surface area (Å²) in [5.41, 5.74) is 2.17. The fraction of sp³-hybridized carbons (Fsp3) is 0.188. The molecule has 0 aliphatic rings. The van der Waals surface area contributed by atoms with Crippen LogP contribution in [0.25, 0.3) is 0 Å². The first-order chi connectivity index (χ1) is 9.13. The first-order valence-electron chi connectivity index (χ1n) is 6.09. The Morgan fingerprint density at radius 3 is 2.58 bits per heavy atom. The summed E-state index contributed by atoms with van der Waals surface area (Å²) < 4.78 is 5.42. The average Bonchev–Trinajstić information content (AvgIpc) is 2.38. The number of aryl methyl sites for hydroxylation is 1. The Bertz CT molecular complexity index is 561. The molecule has 0 aliphatic carbocycles. The summed E-state index contributed by atoms with van der Waals surface area (Å²) in [5, 5.41) is 0.651. The van der Waals surface area contributed by atoms with E-state index >= 15 is 0 Å². The minimum atomic E-state index is 0.0561. The fourth-order valence-corrected chi connectivity index (χ4v) is 1.92. The fourth-order valence-electron chi connectivity index (χ4n) is 1.80. The van der Waals surface area contributed by atoms with Crippen LogP contribution in [-0.4, -0.2) is 12.4 Å². The van der Waals surface area contributed by atoms with Gasteiger partial charge in [-0.3, -0.25) is 4.79 Å². The van der Waals surface area contributed by atoms with Crippen molar-refractivity contribution in [1.29, 1.82) is 0 Å². The molecule has 0 amide bonds. The summed E-state index contributed by atoms with van der Waals surface area (Å²) in [5.74, 6) is 0.711. The van der Waals surface area contributed by atoms with Crippen LogP contribution < -0.4 is 4.74 Å². The summed E-state index contributed by atoms with van der Waals surface area (Å²) in [6.07, 6.45) is 0.398. The molecule has 0 N–H and O–H groups in total. The molecule has 0 saturated carbocycles. The zero-order valence-corrected chi connectivity index (χ0v) is 11.5. The van der Waals surface area contributed by atoms with Crippen LogP contribution in [0.15, 0.2) is 48.5 Å². The molecule has 0 saturated heterocycles. The normalized spacial score (nSPS) is 10.2. The van der Waals surface area contributed by atoms with Gasteiger partial charge in [0.05, 0.1) is 0 Å². The average molecular weight is 275 g/mol. The molecule has 2 rings (SSSR count). The lowest BCUT2D eigenvalue weighted by molar-refractivity contribution is -0.120. The maximum atomic E-state index is 11.8. The maximum Gasteiger partial charge on any atom is 0.174 e. The molecule has 0 radical (unpaired) electrons. The number of hydrogen-bond acceptors (Lipinski definition) is 2. The molecule has 2 aromatic carbocycles. The molecule has 19 heavy (non-hydrogen) atoms. The Balaban J connectivity index is 1.86. The van der Waals surface area contributed by atoms with E-state index in [4.69, 9.17) is 16.3 Å². The highest BCUT2D eigenvalue weighted by atomic mass is 35.5. The van der Waals surface area contributed by atoms with E-state index in [1.165, 1.54) is 0 Å². The molecule has 0 heterocycles. The molecule has 0 atom stereocenters. The Labute approximate surface area is 118 Å². The molecule has 0 aromatic heterocycles. The van der Waals surface area contributed by atoms with E-state index in [0.717, 1.165) is 11.1 Å². The van der Waals surface area contributed by atoms with E-state index in [1.807, 2.05) is 31.2 Å². The van der Waals surface area contributed by atoms with Gasteiger partial charge in [0.1, 0.15) is 12.4 Å². The smallest absolute Gasteiger partial charge is 0.174 e. The Morgan fingerprint density at radius 2 is 1.89 bits per heavy atom. The molecular weight excluding hydrogens is 260 g/mol. The highest BCUT2D eigenvalue weighted by molar-refractivity contribution is 6.30. The molecule has 3 heteroatoms. The van der Waals surface area contributed by atoms with Gasteiger partial charge < -0.3 is 4.74 Å². The molecular formula is C16H15ClO2. The predicted octanol–water partition coefficient (Wildman–Crippen LogP) is 3.84. The SMILES string of the molecule is Cc1cccc(CC(=O)COc2ccc(Cl)cc2)c1. The van der Waals surface area contributed by atoms with Gasteiger partial charge in [-0.15, -0.1) is 0 Å². The molecule has 0 fully saturated rings. The van der Waals surface area contributed by atoms with Crippen molar-refractivity contribution in [2.75, 3.05) is 6.61 Å². The van der Waals surface area contributed by atoms with E-state index in [1.54, 1.807) is 24.3 Å². The zero-order chi connectivity index (χ0) is 13.7. The zero-order valence-electron chi connectivity index (χ0n) is 10.7. The minimum absolute atomic E-state index is 0.0561. The van der Waals surface area contributed by atoms with E-state index in [-0.39, 0.29) is 12.4 Å². The molecule has 2 aromatic rings. The number of ketones is 1. The van der Waals surface area contributed by atoms with Crippen LogP contribution in [0.1, 0.15) is 11.1 Å². The number of rotatable bonds is 5. The van der Waals surface area contributed by atoms with Gasteiger partial charge in [0.2, 0.25) is 0 Å². The number of carbonyl (C=O) groups excluding carboxylic acids is 1. The molecule has 98 valence electrons. The Hall–Kier alpha value is -1.80. The van der Waals surface area contributed by atoms with Gasteiger partial charge in [-0.05, 0) is 36.8 Å². The Kier molecular flexibility index (Phi) is 4.58. The predicted molar refractivity (Wildman–Crippen MR) is 76.8 cm³/mol. The van der Waals surface area contributed by atoms with E-state index in [2.05, 4.69) is 0 Å². The summed E-state index contributed by atoms with van der Waals surface area (Å²) in [7, 11) is 0. The first-order valence-corrected chi connectivity index (χ1v) is 6.47. The maximum absolute atomic E-state index is 11.8. The number of benzene rings is 2. The second-order valence-corrected chi connectivity index (χ2v) is 4.88. The van der Waals surface area contributed by atoms with Gasteiger partial charge >= 0.3 is 0 Å². The minimum Gasteiger partial charge on any atom is -0.486 e. The van der Waals surface area contributed by atoms with E-state index in [0.29, 0.717) is 17.2 Å². The summed E-state index contributed by atoms with van der Waals surface area (Å²) in [4.78, 5) is 11.8. The van der Waals surface area contributed by atoms with E-state index < -0.39 is 0 Å². The van der Waals surface area contributed by atoms with Crippen LogP contribution in [0, 0.1) is 6.92 Å². The van der Waals surface area contributed by atoms with Gasteiger partial charge in [0, 0.05) is 11.4 Å². The van der Waals surface area contributed by atoms with Crippen LogP contribution >= 0.6 is 11.6 Å². The van der Waals surface area contributed by atoms with Crippen molar-refractivity contribution in [3.8, 4) is 5.75 Å².